The van der Waals surface area contributed by atoms with Gasteiger partial charge in [-0.05, 0) is 12.1 Å². The Bertz CT molecular complexity index is 354. The first-order chi connectivity index (χ1) is 6.02. The normalized spacial score (nSPS) is 10.0. The number of nitrogen functional groups attached to an aromatic ring is 1. The summed E-state index contributed by atoms with van der Waals surface area (Å²) in [7, 11) is 0. The molecular formula is C8H7ClFNO2. The molecule has 0 saturated heterocycles. The van der Waals surface area contributed by atoms with Crippen LogP contribution in [0.3, 0.4) is 0 Å². The van der Waals surface area contributed by atoms with Crippen LogP contribution in [0.1, 0.15) is 5.56 Å². The van der Waals surface area contributed by atoms with E-state index in [1.165, 1.54) is 6.07 Å². The van der Waals surface area contributed by atoms with E-state index in [0.29, 0.717) is 0 Å². The zero-order chi connectivity index (χ0) is 10.0. The molecule has 0 aliphatic carbocycles. The molecule has 5 heteroatoms. The van der Waals surface area contributed by atoms with Gasteiger partial charge in [0.1, 0.15) is 5.82 Å². The molecule has 0 aromatic heterocycles. The lowest BCUT2D eigenvalue weighted by molar-refractivity contribution is -0.136. The highest BCUT2D eigenvalue weighted by Gasteiger charge is 2.12. The number of carboxylic acids is 1. The maximum absolute atomic E-state index is 12.8. The molecule has 0 spiro atoms. The Morgan fingerprint density at radius 3 is 2.77 bits per heavy atom. The Morgan fingerprint density at radius 1 is 1.62 bits per heavy atom. The van der Waals surface area contributed by atoms with E-state index < -0.39 is 11.8 Å². The maximum atomic E-state index is 12.8. The average molecular weight is 204 g/mol. The minimum atomic E-state index is -1.10. The lowest BCUT2D eigenvalue weighted by atomic mass is 10.1. The molecule has 3 N–H and O–H groups in total. The zero-order valence-corrected chi connectivity index (χ0v) is 7.31. The Labute approximate surface area is 78.9 Å². The van der Waals surface area contributed by atoms with Crippen LogP contribution in [0.15, 0.2) is 12.1 Å². The van der Waals surface area contributed by atoms with Crippen molar-refractivity contribution in [2.45, 2.75) is 6.42 Å². The quantitative estimate of drug-likeness (QED) is 0.719. The minimum absolute atomic E-state index is 0.120. The number of carboxylic acid groups (broad SMARTS) is 1. The van der Waals surface area contributed by atoms with Gasteiger partial charge in [-0.25, -0.2) is 4.39 Å². The summed E-state index contributed by atoms with van der Waals surface area (Å²) in [6.07, 6.45) is -0.373. The smallest absolute Gasteiger partial charge is 0.307 e. The topological polar surface area (TPSA) is 63.3 Å². The van der Waals surface area contributed by atoms with Gasteiger partial charge >= 0.3 is 5.97 Å². The molecule has 0 heterocycles. The molecule has 0 aliphatic heterocycles. The third kappa shape index (κ3) is 2.09. The molecule has 0 unspecified atom stereocenters. The average Bonchev–Trinajstić information content (AvgIpc) is 2.05. The van der Waals surface area contributed by atoms with Crippen LogP contribution >= 0.6 is 11.6 Å². The second-order valence-electron chi connectivity index (χ2n) is 2.50. The van der Waals surface area contributed by atoms with Gasteiger partial charge in [-0.15, -0.1) is 0 Å². The molecule has 70 valence electrons. The van der Waals surface area contributed by atoms with E-state index in [1.54, 1.807) is 0 Å². The standard InChI is InChI=1S/C8H7ClFNO2/c9-8-4(3-7(12)13)6(11)2-1-5(8)10/h1-2H,3,11H2,(H,12,13). The van der Waals surface area contributed by atoms with E-state index in [4.69, 9.17) is 22.4 Å². The predicted molar refractivity (Wildman–Crippen MR) is 47.2 cm³/mol. The van der Waals surface area contributed by atoms with E-state index >= 15 is 0 Å². The number of halogens is 2. The highest BCUT2D eigenvalue weighted by Crippen LogP contribution is 2.25. The number of rotatable bonds is 2. The van der Waals surface area contributed by atoms with E-state index in [1.807, 2.05) is 0 Å². The number of anilines is 1. The molecule has 1 aromatic carbocycles. The highest BCUT2D eigenvalue weighted by molar-refractivity contribution is 6.32. The summed E-state index contributed by atoms with van der Waals surface area (Å²) < 4.78 is 12.8. The first-order valence-electron chi connectivity index (χ1n) is 3.46. The summed E-state index contributed by atoms with van der Waals surface area (Å²) in [5.74, 6) is -1.76. The summed E-state index contributed by atoms with van der Waals surface area (Å²) in [6.45, 7) is 0. The van der Waals surface area contributed by atoms with E-state index in [0.717, 1.165) is 6.07 Å². The van der Waals surface area contributed by atoms with E-state index in [2.05, 4.69) is 0 Å². The van der Waals surface area contributed by atoms with Gasteiger partial charge in [0.25, 0.3) is 0 Å². The molecular weight excluding hydrogens is 197 g/mol. The van der Waals surface area contributed by atoms with Crippen LogP contribution in [0, 0.1) is 5.82 Å². The molecule has 0 aliphatic rings. The van der Waals surface area contributed by atoms with Gasteiger partial charge in [0.15, 0.2) is 0 Å². The number of hydrogen-bond donors (Lipinski definition) is 2. The van der Waals surface area contributed by atoms with Gasteiger partial charge in [0.2, 0.25) is 0 Å². The van der Waals surface area contributed by atoms with Crippen LogP contribution in [-0.2, 0) is 11.2 Å². The minimum Gasteiger partial charge on any atom is -0.481 e. The number of hydrogen-bond acceptors (Lipinski definition) is 2. The summed E-state index contributed by atoms with van der Waals surface area (Å²) in [6, 6.07) is 2.39. The van der Waals surface area contributed by atoms with Crippen LogP contribution in [-0.4, -0.2) is 11.1 Å². The molecule has 3 nitrogen and oxygen atoms in total. The summed E-state index contributed by atoms with van der Waals surface area (Å²) in [5.41, 5.74) is 5.73. The van der Waals surface area contributed by atoms with Crippen molar-refractivity contribution in [3.8, 4) is 0 Å². The first-order valence-corrected chi connectivity index (χ1v) is 3.84. The summed E-state index contributed by atoms with van der Waals surface area (Å²) in [4.78, 5) is 10.3. The van der Waals surface area contributed by atoms with Crippen LogP contribution in [0.5, 0.6) is 0 Å². The van der Waals surface area contributed by atoms with Crippen molar-refractivity contribution in [3.05, 3.63) is 28.5 Å². The zero-order valence-electron chi connectivity index (χ0n) is 6.55. The van der Waals surface area contributed by atoms with Crippen molar-refractivity contribution in [1.82, 2.24) is 0 Å². The van der Waals surface area contributed by atoms with Crippen LogP contribution in [0.4, 0.5) is 10.1 Å². The van der Waals surface area contributed by atoms with Crippen molar-refractivity contribution in [2.24, 2.45) is 0 Å². The predicted octanol–water partition coefficient (Wildman–Crippen LogP) is 1.69. The molecule has 0 bridgehead atoms. The lowest BCUT2D eigenvalue weighted by Crippen LogP contribution is -2.05. The first kappa shape index (κ1) is 9.80. The lowest BCUT2D eigenvalue weighted by Gasteiger charge is -2.05. The van der Waals surface area contributed by atoms with E-state index in [-0.39, 0.29) is 22.7 Å². The van der Waals surface area contributed by atoms with Crippen molar-refractivity contribution >= 4 is 23.3 Å². The summed E-state index contributed by atoms with van der Waals surface area (Å²) >= 11 is 5.52. The van der Waals surface area contributed by atoms with E-state index in [9.17, 15) is 9.18 Å². The van der Waals surface area contributed by atoms with Crippen molar-refractivity contribution in [3.63, 3.8) is 0 Å². The molecule has 0 atom stereocenters. The molecule has 1 aromatic rings. The van der Waals surface area contributed by atoms with Gasteiger partial charge < -0.3 is 10.8 Å². The second kappa shape index (κ2) is 3.62. The fourth-order valence-electron chi connectivity index (χ4n) is 0.938. The molecule has 0 fully saturated rings. The van der Waals surface area contributed by atoms with Crippen LogP contribution < -0.4 is 5.73 Å². The molecule has 0 radical (unpaired) electrons. The van der Waals surface area contributed by atoms with Crippen LogP contribution in [0.25, 0.3) is 0 Å². The Balaban J connectivity index is 3.17. The maximum Gasteiger partial charge on any atom is 0.307 e. The Morgan fingerprint density at radius 2 is 2.23 bits per heavy atom. The summed E-state index contributed by atoms with van der Waals surface area (Å²) in [5, 5.41) is 8.25. The third-order valence-corrected chi connectivity index (χ3v) is 1.97. The number of benzene rings is 1. The number of nitrogens with two attached hydrogens (primary N) is 1. The molecule has 0 saturated carbocycles. The fraction of sp³-hybridized carbons (Fsp3) is 0.125. The largest absolute Gasteiger partial charge is 0.481 e. The third-order valence-electron chi connectivity index (χ3n) is 1.56. The monoisotopic (exact) mass is 203 g/mol. The van der Waals surface area contributed by atoms with Gasteiger partial charge in [-0.3, -0.25) is 4.79 Å². The molecule has 1 rings (SSSR count). The van der Waals surface area contributed by atoms with Crippen LogP contribution in [0.2, 0.25) is 5.02 Å². The Kier molecular flexibility index (Phi) is 2.72. The molecule has 13 heavy (non-hydrogen) atoms. The highest BCUT2D eigenvalue weighted by atomic mass is 35.5. The molecule has 0 amide bonds. The van der Waals surface area contributed by atoms with Crippen molar-refractivity contribution < 1.29 is 14.3 Å². The SMILES string of the molecule is Nc1ccc(F)c(Cl)c1CC(=O)O. The van der Waals surface area contributed by atoms with Crippen molar-refractivity contribution in [1.29, 1.82) is 0 Å². The van der Waals surface area contributed by atoms with Gasteiger partial charge in [-0.1, -0.05) is 11.6 Å². The van der Waals surface area contributed by atoms with Gasteiger partial charge in [-0.2, -0.15) is 0 Å². The van der Waals surface area contributed by atoms with Gasteiger partial charge in [0.05, 0.1) is 11.4 Å². The second-order valence-corrected chi connectivity index (χ2v) is 2.88. The number of carbonyl (C=O) groups is 1. The van der Waals surface area contributed by atoms with Crippen molar-refractivity contribution in [2.75, 3.05) is 5.73 Å². The fourth-order valence-corrected chi connectivity index (χ4v) is 1.18. The number of aliphatic carboxylic acids is 1. The van der Waals surface area contributed by atoms with Gasteiger partial charge in [0, 0.05) is 11.3 Å². The Hall–Kier alpha value is -1.29.